The van der Waals surface area contributed by atoms with Crippen molar-refractivity contribution in [3.05, 3.63) is 58.6 Å². The van der Waals surface area contributed by atoms with Crippen LogP contribution < -0.4 is 4.74 Å². The van der Waals surface area contributed by atoms with Crippen LogP contribution in [0.4, 0.5) is 8.78 Å². The average molecular weight is 266 g/mol. The van der Waals surface area contributed by atoms with Gasteiger partial charge in [0.05, 0.1) is 10.6 Å². The highest BCUT2D eigenvalue weighted by Crippen LogP contribution is 2.27. The molecule has 2 nitrogen and oxygen atoms in total. The summed E-state index contributed by atoms with van der Waals surface area (Å²) in [4.78, 5) is 0. The number of nitriles is 1. The molecule has 0 bridgehead atoms. The molecule has 0 N–H and O–H groups in total. The number of rotatable bonds is 2. The molecule has 0 spiro atoms. The highest BCUT2D eigenvalue weighted by Gasteiger charge is 2.06. The quantitative estimate of drug-likeness (QED) is 0.812. The molecule has 0 aliphatic rings. The van der Waals surface area contributed by atoms with Gasteiger partial charge in [0.25, 0.3) is 0 Å². The summed E-state index contributed by atoms with van der Waals surface area (Å²) in [6.07, 6.45) is 0. The van der Waals surface area contributed by atoms with Crippen molar-refractivity contribution < 1.29 is 13.5 Å². The van der Waals surface area contributed by atoms with E-state index in [1.54, 1.807) is 0 Å². The first kappa shape index (κ1) is 12.3. The molecule has 18 heavy (non-hydrogen) atoms. The van der Waals surface area contributed by atoms with E-state index >= 15 is 0 Å². The Hall–Kier alpha value is -2.12. The van der Waals surface area contributed by atoms with Crippen LogP contribution in [0.25, 0.3) is 0 Å². The molecule has 0 unspecified atom stereocenters. The zero-order valence-corrected chi connectivity index (χ0v) is 9.71. The lowest BCUT2D eigenvalue weighted by atomic mass is 10.2. The van der Waals surface area contributed by atoms with Gasteiger partial charge in [-0.2, -0.15) is 5.26 Å². The Bertz CT molecular complexity index is 637. The number of hydrogen-bond acceptors (Lipinski definition) is 2. The molecule has 0 aliphatic carbocycles. The molecule has 2 aromatic rings. The summed E-state index contributed by atoms with van der Waals surface area (Å²) in [5.74, 6) is -1.45. The summed E-state index contributed by atoms with van der Waals surface area (Å²) >= 11 is 5.82. The summed E-state index contributed by atoms with van der Waals surface area (Å²) in [5, 5.41) is 8.93. The van der Waals surface area contributed by atoms with E-state index in [4.69, 9.17) is 21.6 Å². The Morgan fingerprint density at radius 1 is 1.00 bits per heavy atom. The number of nitrogens with zero attached hydrogens (tertiary/aromatic N) is 1. The van der Waals surface area contributed by atoms with Crippen molar-refractivity contribution in [2.75, 3.05) is 0 Å². The first-order chi connectivity index (χ1) is 8.60. The molecule has 0 fully saturated rings. The molecule has 0 atom stereocenters. The predicted octanol–water partition coefficient (Wildman–Crippen LogP) is 4.28. The second-order valence-electron chi connectivity index (χ2n) is 3.43. The van der Waals surface area contributed by atoms with Crippen molar-refractivity contribution in [3.8, 4) is 17.6 Å². The van der Waals surface area contributed by atoms with E-state index in [9.17, 15) is 8.78 Å². The fourth-order valence-electron chi connectivity index (χ4n) is 1.33. The van der Waals surface area contributed by atoms with Gasteiger partial charge in [0.1, 0.15) is 17.6 Å². The van der Waals surface area contributed by atoms with Gasteiger partial charge in [0.15, 0.2) is 11.6 Å². The van der Waals surface area contributed by atoms with Crippen LogP contribution in [0.5, 0.6) is 11.5 Å². The third kappa shape index (κ3) is 2.58. The van der Waals surface area contributed by atoms with Gasteiger partial charge in [0, 0.05) is 12.1 Å². The molecular weight excluding hydrogens is 260 g/mol. The zero-order chi connectivity index (χ0) is 13.1. The van der Waals surface area contributed by atoms with Crippen molar-refractivity contribution in [1.29, 1.82) is 5.26 Å². The van der Waals surface area contributed by atoms with Crippen molar-refractivity contribution in [2.24, 2.45) is 0 Å². The van der Waals surface area contributed by atoms with Gasteiger partial charge in [-0.05, 0) is 24.3 Å². The van der Waals surface area contributed by atoms with Gasteiger partial charge in [-0.25, -0.2) is 8.78 Å². The maximum absolute atomic E-state index is 13.0. The molecule has 2 aromatic carbocycles. The van der Waals surface area contributed by atoms with Gasteiger partial charge in [0.2, 0.25) is 0 Å². The Morgan fingerprint density at radius 2 is 1.67 bits per heavy atom. The summed E-state index contributed by atoms with van der Waals surface area (Å²) in [5.41, 5.74) is 0.314. The van der Waals surface area contributed by atoms with E-state index in [1.807, 2.05) is 6.07 Å². The Kier molecular flexibility index (Phi) is 3.45. The van der Waals surface area contributed by atoms with Gasteiger partial charge < -0.3 is 4.74 Å². The summed E-state index contributed by atoms with van der Waals surface area (Å²) in [6, 6.07) is 9.54. The lowest BCUT2D eigenvalue weighted by Crippen LogP contribution is -1.88. The fraction of sp³-hybridized carbons (Fsp3) is 0. The van der Waals surface area contributed by atoms with E-state index < -0.39 is 11.6 Å². The summed E-state index contributed by atoms with van der Waals surface area (Å²) in [7, 11) is 0. The monoisotopic (exact) mass is 265 g/mol. The van der Waals surface area contributed by atoms with E-state index in [1.165, 1.54) is 24.3 Å². The van der Waals surface area contributed by atoms with E-state index in [0.717, 1.165) is 12.1 Å². The molecule has 90 valence electrons. The van der Waals surface area contributed by atoms with Crippen molar-refractivity contribution in [3.63, 3.8) is 0 Å². The maximum atomic E-state index is 13.0. The highest BCUT2D eigenvalue weighted by molar-refractivity contribution is 6.31. The first-order valence-corrected chi connectivity index (χ1v) is 5.30. The smallest absolute Gasteiger partial charge is 0.162 e. The van der Waals surface area contributed by atoms with Crippen LogP contribution in [0, 0.1) is 23.0 Å². The lowest BCUT2D eigenvalue weighted by molar-refractivity contribution is 0.461. The third-order valence-electron chi connectivity index (χ3n) is 2.19. The van der Waals surface area contributed by atoms with Crippen LogP contribution in [-0.4, -0.2) is 0 Å². The third-order valence-corrected chi connectivity index (χ3v) is 2.50. The normalized spacial score (nSPS) is 9.89. The number of benzene rings is 2. The van der Waals surface area contributed by atoms with E-state index in [0.29, 0.717) is 11.3 Å². The van der Waals surface area contributed by atoms with Crippen LogP contribution in [0.1, 0.15) is 5.56 Å². The van der Waals surface area contributed by atoms with Crippen molar-refractivity contribution >= 4 is 11.6 Å². The molecule has 2 rings (SSSR count). The molecule has 0 aromatic heterocycles. The van der Waals surface area contributed by atoms with Gasteiger partial charge in [-0.3, -0.25) is 0 Å². The lowest BCUT2D eigenvalue weighted by Gasteiger charge is -2.06. The Morgan fingerprint density at radius 3 is 2.28 bits per heavy atom. The standard InChI is InChI=1S/C13H6ClF2NO/c14-11-5-9(2-1-8(11)7-17)18-10-3-4-12(15)13(16)6-10/h1-6H. The van der Waals surface area contributed by atoms with Crippen LogP contribution >= 0.6 is 11.6 Å². The number of halogens is 3. The van der Waals surface area contributed by atoms with E-state index in [-0.39, 0.29) is 10.8 Å². The molecule has 0 heterocycles. The number of ether oxygens (including phenoxy) is 1. The van der Waals surface area contributed by atoms with E-state index in [2.05, 4.69) is 0 Å². The summed E-state index contributed by atoms with van der Waals surface area (Å²) < 4.78 is 31.0. The first-order valence-electron chi connectivity index (χ1n) is 4.92. The number of hydrogen-bond donors (Lipinski definition) is 0. The van der Waals surface area contributed by atoms with Crippen LogP contribution in [0.15, 0.2) is 36.4 Å². The van der Waals surface area contributed by atoms with Gasteiger partial charge >= 0.3 is 0 Å². The Balaban J connectivity index is 2.26. The van der Waals surface area contributed by atoms with Crippen LogP contribution in [-0.2, 0) is 0 Å². The minimum absolute atomic E-state index is 0.148. The highest BCUT2D eigenvalue weighted by atomic mass is 35.5. The second-order valence-corrected chi connectivity index (χ2v) is 3.84. The Labute approximate surface area is 107 Å². The summed E-state index contributed by atoms with van der Waals surface area (Å²) in [6.45, 7) is 0. The molecule has 5 heteroatoms. The predicted molar refractivity (Wildman–Crippen MR) is 62.6 cm³/mol. The topological polar surface area (TPSA) is 33.0 Å². The second kappa shape index (κ2) is 5.03. The average Bonchev–Trinajstić information content (AvgIpc) is 2.34. The van der Waals surface area contributed by atoms with Crippen molar-refractivity contribution in [1.82, 2.24) is 0 Å². The van der Waals surface area contributed by atoms with Gasteiger partial charge in [-0.1, -0.05) is 11.6 Å². The SMILES string of the molecule is N#Cc1ccc(Oc2ccc(F)c(F)c2)cc1Cl. The molecular formula is C13H6ClF2NO. The minimum Gasteiger partial charge on any atom is -0.457 e. The minimum atomic E-state index is -0.993. The van der Waals surface area contributed by atoms with Gasteiger partial charge in [-0.15, -0.1) is 0 Å². The molecule has 0 amide bonds. The molecule has 0 aliphatic heterocycles. The molecule has 0 radical (unpaired) electrons. The molecule has 0 saturated heterocycles. The maximum Gasteiger partial charge on any atom is 0.162 e. The largest absolute Gasteiger partial charge is 0.457 e. The van der Waals surface area contributed by atoms with Crippen molar-refractivity contribution in [2.45, 2.75) is 0 Å². The van der Waals surface area contributed by atoms with Crippen LogP contribution in [0.3, 0.4) is 0 Å². The zero-order valence-electron chi connectivity index (χ0n) is 8.95. The van der Waals surface area contributed by atoms with Crippen LogP contribution in [0.2, 0.25) is 5.02 Å². The molecule has 0 saturated carbocycles. The fourth-order valence-corrected chi connectivity index (χ4v) is 1.54.